The van der Waals surface area contributed by atoms with E-state index in [0.717, 1.165) is 11.4 Å². The van der Waals surface area contributed by atoms with Crippen LogP contribution in [0.2, 0.25) is 0 Å². The normalized spacial score (nSPS) is 10.8. The molecule has 0 bridgehead atoms. The summed E-state index contributed by atoms with van der Waals surface area (Å²) in [5.74, 6) is 0.568. The zero-order valence-electron chi connectivity index (χ0n) is 10.3. The molecule has 0 radical (unpaired) electrons. The predicted molar refractivity (Wildman–Crippen MR) is 70.5 cm³/mol. The summed E-state index contributed by atoms with van der Waals surface area (Å²) < 4.78 is 5.45. The topological polar surface area (TPSA) is 103 Å². The molecule has 0 aromatic carbocycles. The van der Waals surface area contributed by atoms with Gasteiger partial charge in [0, 0.05) is 6.20 Å². The van der Waals surface area contributed by atoms with Gasteiger partial charge in [0.05, 0.1) is 23.5 Å². The molecule has 0 aliphatic carbocycles. The maximum absolute atomic E-state index is 5.64. The van der Waals surface area contributed by atoms with Crippen molar-refractivity contribution in [1.82, 2.24) is 25.1 Å². The van der Waals surface area contributed by atoms with Crippen LogP contribution in [-0.2, 0) is 0 Å². The molecule has 0 unspecified atom stereocenters. The van der Waals surface area contributed by atoms with E-state index in [1.807, 2.05) is 25.1 Å². The number of nitrogen functional groups attached to an aromatic ring is 1. The third-order valence-electron chi connectivity index (χ3n) is 2.59. The van der Waals surface area contributed by atoms with Crippen LogP contribution in [0.15, 0.2) is 24.4 Å². The van der Waals surface area contributed by atoms with E-state index >= 15 is 0 Å². The molecule has 0 fully saturated rings. The van der Waals surface area contributed by atoms with Gasteiger partial charge in [-0.15, -0.1) is 0 Å². The monoisotopic (exact) mass is 256 g/mol. The fourth-order valence-corrected chi connectivity index (χ4v) is 1.79. The fraction of sp³-hybridized carbons (Fsp3) is 0.167. The molecular weight excluding hydrogens is 244 g/mol. The minimum Gasteiger partial charge on any atom is -0.476 e. The molecule has 19 heavy (non-hydrogen) atoms. The van der Waals surface area contributed by atoms with Crippen molar-refractivity contribution in [3.05, 3.63) is 24.4 Å². The Morgan fingerprint density at radius 2 is 2.11 bits per heavy atom. The Morgan fingerprint density at radius 3 is 2.84 bits per heavy atom. The van der Waals surface area contributed by atoms with Crippen LogP contribution in [0, 0.1) is 0 Å². The van der Waals surface area contributed by atoms with Crippen LogP contribution in [0.4, 0.5) is 5.95 Å². The lowest BCUT2D eigenvalue weighted by Crippen LogP contribution is -2.02. The number of rotatable bonds is 3. The van der Waals surface area contributed by atoms with Gasteiger partial charge in [-0.25, -0.2) is 9.97 Å². The Bertz CT molecular complexity index is 710. The van der Waals surface area contributed by atoms with Crippen LogP contribution in [0.25, 0.3) is 22.4 Å². The molecule has 0 saturated heterocycles. The molecule has 0 saturated carbocycles. The summed E-state index contributed by atoms with van der Waals surface area (Å²) >= 11 is 0. The van der Waals surface area contributed by atoms with Crippen molar-refractivity contribution < 1.29 is 4.74 Å². The summed E-state index contributed by atoms with van der Waals surface area (Å²) in [5.41, 5.74) is 8.45. The molecule has 3 aromatic heterocycles. The summed E-state index contributed by atoms with van der Waals surface area (Å²) in [7, 11) is 0. The van der Waals surface area contributed by atoms with E-state index in [-0.39, 0.29) is 5.95 Å². The first kappa shape index (κ1) is 11.4. The van der Waals surface area contributed by atoms with Crippen molar-refractivity contribution in [2.75, 3.05) is 12.3 Å². The van der Waals surface area contributed by atoms with Gasteiger partial charge in [-0.05, 0) is 25.1 Å². The number of fused-ring (bicyclic) bond motifs is 1. The smallest absolute Gasteiger partial charge is 0.245 e. The molecule has 96 valence electrons. The first-order valence-electron chi connectivity index (χ1n) is 5.84. The van der Waals surface area contributed by atoms with Crippen molar-refractivity contribution in [2.45, 2.75) is 6.92 Å². The van der Waals surface area contributed by atoms with Gasteiger partial charge in [0.15, 0.2) is 5.52 Å². The summed E-state index contributed by atoms with van der Waals surface area (Å²) in [4.78, 5) is 12.7. The van der Waals surface area contributed by atoms with E-state index < -0.39 is 0 Å². The van der Waals surface area contributed by atoms with E-state index in [1.54, 1.807) is 6.20 Å². The van der Waals surface area contributed by atoms with Crippen molar-refractivity contribution in [3.63, 3.8) is 0 Å². The molecule has 0 spiro atoms. The lowest BCUT2D eigenvalue weighted by atomic mass is 10.2. The van der Waals surface area contributed by atoms with E-state index in [0.29, 0.717) is 23.5 Å². The number of nitrogens with one attached hydrogen (secondary N) is 1. The Hall–Kier alpha value is -2.70. The minimum atomic E-state index is 0.173. The molecule has 0 amide bonds. The molecule has 7 nitrogen and oxygen atoms in total. The minimum absolute atomic E-state index is 0.173. The second kappa shape index (κ2) is 4.52. The van der Waals surface area contributed by atoms with Crippen molar-refractivity contribution in [1.29, 1.82) is 0 Å². The van der Waals surface area contributed by atoms with Gasteiger partial charge in [-0.2, -0.15) is 10.1 Å². The average molecular weight is 256 g/mol. The first-order valence-corrected chi connectivity index (χ1v) is 5.84. The van der Waals surface area contributed by atoms with Gasteiger partial charge in [-0.3, -0.25) is 5.10 Å². The van der Waals surface area contributed by atoms with Crippen LogP contribution >= 0.6 is 0 Å². The first-order chi connectivity index (χ1) is 9.28. The Balaban J connectivity index is 2.20. The van der Waals surface area contributed by atoms with Gasteiger partial charge in [0.1, 0.15) is 0 Å². The molecule has 0 atom stereocenters. The summed E-state index contributed by atoms with van der Waals surface area (Å²) in [6.07, 6.45) is 1.67. The lowest BCUT2D eigenvalue weighted by Gasteiger charge is -2.07. The number of ether oxygens (including phenoxy) is 1. The van der Waals surface area contributed by atoms with Crippen molar-refractivity contribution in [3.8, 4) is 17.3 Å². The number of aromatic amines is 1. The van der Waals surface area contributed by atoms with Gasteiger partial charge in [0.25, 0.3) is 0 Å². The van der Waals surface area contributed by atoms with Crippen molar-refractivity contribution in [2.24, 2.45) is 0 Å². The predicted octanol–water partition coefficient (Wildman–Crippen LogP) is 1.40. The lowest BCUT2D eigenvalue weighted by molar-refractivity contribution is 0.330. The number of hydrogen-bond acceptors (Lipinski definition) is 6. The Labute approximate surface area is 108 Å². The average Bonchev–Trinajstić information content (AvgIpc) is 2.92. The SMILES string of the molecule is CCOc1nc(N)nc2ccc(-c3ccn[nH]3)nc12. The highest BCUT2D eigenvalue weighted by Crippen LogP contribution is 2.24. The van der Waals surface area contributed by atoms with Crippen LogP contribution < -0.4 is 10.5 Å². The fourth-order valence-electron chi connectivity index (χ4n) is 1.79. The molecule has 3 N–H and O–H groups in total. The van der Waals surface area contributed by atoms with Gasteiger partial charge >= 0.3 is 0 Å². The third kappa shape index (κ3) is 2.05. The number of pyridine rings is 1. The number of H-pyrrole nitrogens is 1. The zero-order valence-corrected chi connectivity index (χ0v) is 10.3. The van der Waals surface area contributed by atoms with E-state index in [9.17, 15) is 0 Å². The molecule has 3 aromatic rings. The maximum Gasteiger partial charge on any atom is 0.245 e. The van der Waals surface area contributed by atoms with Crippen LogP contribution in [0.5, 0.6) is 5.88 Å². The molecule has 3 heterocycles. The molecule has 0 aliphatic rings. The Kier molecular flexibility index (Phi) is 2.71. The van der Waals surface area contributed by atoms with Gasteiger partial charge in [-0.1, -0.05) is 0 Å². The molecule has 0 aliphatic heterocycles. The highest BCUT2D eigenvalue weighted by molar-refractivity contribution is 5.82. The van der Waals surface area contributed by atoms with Gasteiger partial charge in [0.2, 0.25) is 11.8 Å². The number of anilines is 1. The largest absolute Gasteiger partial charge is 0.476 e. The quantitative estimate of drug-likeness (QED) is 0.734. The Morgan fingerprint density at radius 1 is 1.21 bits per heavy atom. The van der Waals surface area contributed by atoms with Crippen LogP contribution in [-0.4, -0.2) is 31.8 Å². The second-order valence-electron chi connectivity index (χ2n) is 3.85. The number of nitrogens with zero attached hydrogens (tertiary/aromatic N) is 4. The van der Waals surface area contributed by atoms with Crippen LogP contribution in [0.3, 0.4) is 0 Å². The standard InChI is InChI=1S/C12H12N6O/c1-2-19-11-10-9(16-12(13)17-11)4-3-7(15-10)8-5-6-14-18-8/h3-6H,2H2,1H3,(H,14,18)(H2,13,16,17). The van der Waals surface area contributed by atoms with E-state index in [1.165, 1.54) is 0 Å². The zero-order chi connectivity index (χ0) is 13.2. The number of hydrogen-bond donors (Lipinski definition) is 2. The van der Waals surface area contributed by atoms with Crippen molar-refractivity contribution >= 4 is 17.0 Å². The molecule has 7 heteroatoms. The molecular formula is C12H12N6O. The number of nitrogens with two attached hydrogens (primary N) is 1. The van der Waals surface area contributed by atoms with Crippen LogP contribution in [0.1, 0.15) is 6.92 Å². The summed E-state index contributed by atoms with van der Waals surface area (Å²) in [5, 5.41) is 6.77. The van der Waals surface area contributed by atoms with E-state index in [4.69, 9.17) is 10.5 Å². The highest BCUT2D eigenvalue weighted by Gasteiger charge is 2.11. The van der Waals surface area contributed by atoms with E-state index in [2.05, 4.69) is 25.1 Å². The summed E-state index contributed by atoms with van der Waals surface area (Å²) in [6.45, 7) is 2.37. The third-order valence-corrected chi connectivity index (χ3v) is 2.59. The maximum atomic E-state index is 5.64. The molecule has 3 rings (SSSR count). The highest BCUT2D eigenvalue weighted by atomic mass is 16.5. The summed E-state index contributed by atoms with van der Waals surface area (Å²) in [6, 6.07) is 5.52. The number of aromatic nitrogens is 5. The second-order valence-corrected chi connectivity index (χ2v) is 3.85. The van der Waals surface area contributed by atoms with Gasteiger partial charge < -0.3 is 10.5 Å².